The molecule has 0 aliphatic heterocycles. The van der Waals surface area contributed by atoms with E-state index in [2.05, 4.69) is 38.2 Å². The Balaban J connectivity index is 2.23. The van der Waals surface area contributed by atoms with E-state index in [0.717, 1.165) is 5.69 Å². The van der Waals surface area contributed by atoms with Crippen molar-refractivity contribution in [3.63, 3.8) is 0 Å². The fourth-order valence-corrected chi connectivity index (χ4v) is 3.49. The van der Waals surface area contributed by atoms with Gasteiger partial charge in [-0.15, -0.1) is 0 Å². The van der Waals surface area contributed by atoms with Gasteiger partial charge in [0, 0.05) is 6.04 Å². The average Bonchev–Trinajstić information content (AvgIpc) is 2.75. The fraction of sp³-hybridized carbons (Fsp3) is 0.800. The summed E-state index contributed by atoms with van der Waals surface area (Å²) in [5.74, 6) is 6.38. The number of rotatable bonds is 4. The first-order valence-corrected chi connectivity index (χ1v) is 7.92. The maximum absolute atomic E-state index is 6.36. The maximum atomic E-state index is 6.36. The van der Waals surface area contributed by atoms with E-state index in [4.69, 9.17) is 17.4 Å². The quantitative estimate of drug-likeness (QED) is 0.656. The Morgan fingerprint density at radius 3 is 2.50 bits per heavy atom. The zero-order valence-electron chi connectivity index (χ0n) is 13.0. The molecule has 1 heterocycles. The third kappa shape index (κ3) is 3.18. The van der Waals surface area contributed by atoms with E-state index < -0.39 is 0 Å². The zero-order chi connectivity index (χ0) is 14.9. The average molecular weight is 299 g/mol. The van der Waals surface area contributed by atoms with Crippen LogP contribution in [0.2, 0.25) is 5.02 Å². The van der Waals surface area contributed by atoms with Gasteiger partial charge < -0.3 is 0 Å². The summed E-state index contributed by atoms with van der Waals surface area (Å²) in [6.07, 6.45) is 6.57. The number of aromatic nitrogens is 2. The third-order valence-corrected chi connectivity index (χ3v) is 4.90. The molecule has 0 aromatic carbocycles. The predicted octanol–water partition coefficient (Wildman–Crippen LogP) is 3.84. The minimum absolute atomic E-state index is 0.0866. The summed E-state index contributed by atoms with van der Waals surface area (Å²) < 4.78 is 1.99. The molecule has 1 aromatic rings. The van der Waals surface area contributed by atoms with E-state index in [9.17, 15) is 0 Å². The Labute approximate surface area is 127 Å². The van der Waals surface area contributed by atoms with Gasteiger partial charge in [0.1, 0.15) is 0 Å². The van der Waals surface area contributed by atoms with Crippen LogP contribution in [-0.4, -0.2) is 9.78 Å². The van der Waals surface area contributed by atoms with Crippen molar-refractivity contribution in [2.75, 3.05) is 0 Å². The molecule has 114 valence electrons. The highest BCUT2D eigenvalue weighted by atomic mass is 35.5. The first-order valence-electron chi connectivity index (χ1n) is 7.55. The molecule has 1 aliphatic carbocycles. The summed E-state index contributed by atoms with van der Waals surface area (Å²) in [4.78, 5) is 0. The first-order chi connectivity index (χ1) is 9.35. The van der Waals surface area contributed by atoms with Gasteiger partial charge in [-0.25, -0.2) is 0 Å². The number of nitrogens with two attached hydrogens (primary N) is 1. The van der Waals surface area contributed by atoms with Gasteiger partial charge in [-0.05, 0) is 50.9 Å². The summed E-state index contributed by atoms with van der Waals surface area (Å²) in [7, 11) is 0. The molecule has 1 unspecified atom stereocenters. The summed E-state index contributed by atoms with van der Waals surface area (Å²) in [5, 5.41) is 5.11. The minimum atomic E-state index is 0.0866. The van der Waals surface area contributed by atoms with E-state index in [0.29, 0.717) is 16.4 Å². The van der Waals surface area contributed by atoms with Crippen molar-refractivity contribution in [1.29, 1.82) is 0 Å². The van der Waals surface area contributed by atoms with Crippen molar-refractivity contribution in [2.45, 2.75) is 65.5 Å². The van der Waals surface area contributed by atoms with Crippen LogP contribution in [0.4, 0.5) is 0 Å². The van der Waals surface area contributed by atoms with Gasteiger partial charge in [-0.1, -0.05) is 25.4 Å². The lowest BCUT2D eigenvalue weighted by Gasteiger charge is -2.38. The molecule has 3 N–H and O–H groups in total. The Bertz CT molecular complexity index is 443. The number of nitrogens with one attached hydrogen (secondary N) is 1. The van der Waals surface area contributed by atoms with Gasteiger partial charge in [-0.3, -0.25) is 16.0 Å². The van der Waals surface area contributed by atoms with Crippen LogP contribution in [0.15, 0.2) is 6.20 Å². The van der Waals surface area contributed by atoms with Crippen LogP contribution in [0, 0.1) is 11.3 Å². The van der Waals surface area contributed by atoms with Crippen molar-refractivity contribution in [3.8, 4) is 0 Å². The second-order valence-electron chi connectivity index (χ2n) is 7.06. The lowest BCUT2D eigenvalue weighted by atomic mass is 9.71. The van der Waals surface area contributed by atoms with Crippen LogP contribution >= 0.6 is 11.6 Å². The van der Waals surface area contributed by atoms with Crippen LogP contribution in [0.25, 0.3) is 0 Å². The molecule has 5 heteroatoms. The van der Waals surface area contributed by atoms with Crippen molar-refractivity contribution < 1.29 is 0 Å². The van der Waals surface area contributed by atoms with E-state index in [1.807, 2.05) is 4.68 Å². The van der Waals surface area contributed by atoms with E-state index in [1.54, 1.807) is 6.20 Å². The largest absolute Gasteiger partial charge is 0.271 e. The monoisotopic (exact) mass is 298 g/mol. The first kappa shape index (κ1) is 15.8. The topological polar surface area (TPSA) is 55.9 Å². The van der Waals surface area contributed by atoms with Crippen LogP contribution in [0.1, 0.15) is 71.2 Å². The maximum Gasteiger partial charge on any atom is 0.0834 e. The lowest BCUT2D eigenvalue weighted by Crippen LogP contribution is -2.38. The molecule has 1 saturated carbocycles. The molecule has 1 fully saturated rings. The third-order valence-electron chi connectivity index (χ3n) is 4.61. The molecule has 0 saturated heterocycles. The number of hydrogen-bond acceptors (Lipinski definition) is 3. The summed E-state index contributed by atoms with van der Waals surface area (Å²) in [5.41, 5.74) is 4.48. The highest BCUT2D eigenvalue weighted by molar-refractivity contribution is 6.31. The number of nitrogens with zero attached hydrogens (tertiary/aromatic N) is 2. The van der Waals surface area contributed by atoms with Crippen LogP contribution in [-0.2, 0) is 0 Å². The highest BCUT2D eigenvalue weighted by Gasteiger charge is 2.34. The van der Waals surface area contributed by atoms with Gasteiger partial charge in [0.25, 0.3) is 0 Å². The van der Waals surface area contributed by atoms with Crippen molar-refractivity contribution in [3.05, 3.63) is 16.9 Å². The molecule has 0 amide bonds. The molecule has 4 nitrogen and oxygen atoms in total. The Kier molecular flexibility index (Phi) is 4.77. The SMILES string of the molecule is CC(C)n1ncc(Cl)c1C(NN)C1CCC(C)(C)CC1. The van der Waals surface area contributed by atoms with Gasteiger partial charge in [0.2, 0.25) is 0 Å². The van der Waals surface area contributed by atoms with E-state index >= 15 is 0 Å². The second kappa shape index (κ2) is 6.04. The Morgan fingerprint density at radius 1 is 1.40 bits per heavy atom. The Hall–Kier alpha value is -0.580. The number of hydrogen-bond donors (Lipinski definition) is 2. The van der Waals surface area contributed by atoms with Gasteiger partial charge in [0.15, 0.2) is 0 Å². The van der Waals surface area contributed by atoms with Crippen molar-refractivity contribution in [2.24, 2.45) is 17.2 Å². The van der Waals surface area contributed by atoms with E-state index in [1.165, 1.54) is 25.7 Å². The Morgan fingerprint density at radius 2 is 2.00 bits per heavy atom. The molecule has 0 bridgehead atoms. The zero-order valence-corrected chi connectivity index (χ0v) is 13.7. The van der Waals surface area contributed by atoms with Gasteiger partial charge >= 0.3 is 0 Å². The molecular formula is C15H27ClN4. The fourth-order valence-electron chi connectivity index (χ4n) is 3.25. The summed E-state index contributed by atoms with van der Waals surface area (Å²) >= 11 is 6.36. The standard InChI is InChI=1S/C15H27ClN4/c1-10(2)20-14(12(16)9-18-20)13(19-17)11-5-7-15(3,4)8-6-11/h9-11,13,19H,5-8,17H2,1-4H3. The van der Waals surface area contributed by atoms with Gasteiger partial charge in [-0.2, -0.15) is 5.10 Å². The lowest BCUT2D eigenvalue weighted by molar-refractivity contribution is 0.157. The second-order valence-corrected chi connectivity index (χ2v) is 7.47. The smallest absolute Gasteiger partial charge is 0.0834 e. The minimum Gasteiger partial charge on any atom is -0.271 e. The molecule has 20 heavy (non-hydrogen) atoms. The predicted molar refractivity (Wildman–Crippen MR) is 83.4 cm³/mol. The normalized spacial score (nSPS) is 21.4. The van der Waals surface area contributed by atoms with Crippen molar-refractivity contribution in [1.82, 2.24) is 15.2 Å². The summed E-state index contributed by atoms with van der Waals surface area (Å²) in [6.45, 7) is 8.92. The summed E-state index contributed by atoms with van der Waals surface area (Å²) in [6, 6.07) is 0.372. The van der Waals surface area contributed by atoms with Crippen LogP contribution in [0.5, 0.6) is 0 Å². The molecule has 0 radical (unpaired) electrons. The number of hydrazine groups is 1. The highest BCUT2D eigenvalue weighted by Crippen LogP contribution is 2.43. The molecule has 0 spiro atoms. The van der Waals surface area contributed by atoms with Gasteiger partial charge in [0.05, 0.1) is 23.0 Å². The van der Waals surface area contributed by atoms with E-state index in [-0.39, 0.29) is 12.1 Å². The molecule has 1 aromatic heterocycles. The van der Waals surface area contributed by atoms with Crippen LogP contribution in [0.3, 0.4) is 0 Å². The van der Waals surface area contributed by atoms with Crippen LogP contribution < -0.4 is 11.3 Å². The molecule has 1 aliphatic rings. The molecule has 2 rings (SSSR count). The molecule has 1 atom stereocenters. The number of halogens is 1. The molecular weight excluding hydrogens is 272 g/mol. The van der Waals surface area contributed by atoms with Crippen molar-refractivity contribution >= 4 is 11.6 Å².